The summed E-state index contributed by atoms with van der Waals surface area (Å²) in [5.74, 6) is -3.04. The van der Waals surface area contributed by atoms with Gasteiger partial charge in [-0.05, 0) is 12.8 Å². The van der Waals surface area contributed by atoms with Gasteiger partial charge in [0.1, 0.15) is 0 Å². The average molecular weight is 355 g/mol. The lowest BCUT2D eigenvalue weighted by Crippen LogP contribution is -2.15. The minimum absolute atomic E-state index is 0.343. The van der Waals surface area contributed by atoms with Crippen LogP contribution in [-0.2, 0) is 9.59 Å². The van der Waals surface area contributed by atoms with Gasteiger partial charge in [-0.15, -0.1) is 0 Å². The van der Waals surface area contributed by atoms with Crippen molar-refractivity contribution in [3.8, 4) is 0 Å². The molecule has 0 fully saturated rings. The number of carbonyl (C=O) groups is 2. The molecule has 146 valence electrons. The van der Waals surface area contributed by atoms with Crippen molar-refractivity contribution in [2.45, 2.75) is 103 Å². The van der Waals surface area contributed by atoms with Gasteiger partial charge < -0.3 is 10.2 Å². The van der Waals surface area contributed by atoms with E-state index in [1.54, 1.807) is 0 Å². The quantitative estimate of drug-likeness (QED) is 0.227. The Morgan fingerprint density at radius 3 is 1.60 bits per heavy atom. The van der Waals surface area contributed by atoms with Crippen LogP contribution in [0.15, 0.2) is 12.2 Å². The summed E-state index contributed by atoms with van der Waals surface area (Å²) < 4.78 is 0. The molecule has 25 heavy (non-hydrogen) atoms. The smallest absolute Gasteiger partial charge is 0.310 e. The molecule has 4 nitrogen and oxygen atoms in total. The maximum absolute atomic E-state index is 10.9. The highest BCUT2D eigenvalue weighted by molar-refractivity contribution is 5.79. The zero-order valence-corrected chi connectivity index (χ0v) is 16.0. The molecule has 0 amide bonds. The summed E-state index contributed by atoms with van der Waals surface area (Å²) in [6.45, 7) is 2.25. The minimum Gasteiger partial charge on any atom is -0.481 e. The van der Waals surface area contributed by atoms with Gasteiger partial charge in [0.05, 0.1) is 12.3 Å². The van der Waals surface area contributed by atoms with E-state index in [0.29, 0.717) is 0 Å². The molecule has 0 bridgehead atoms. The molecule has 0 aliphatic rings. The molecule has 0 aliphatic carbocycles. The van der Waals surface area contributed by atoms with Crippen LogP contribution < -0.4 is 0 Å². The molecular formula is C21H38O4. The summed E-state index contributed by atoms with van der Waals surface area (Å²) in [6, 6.07) is 0. The summed E-state index contributed by atoms with van der Waals surface area (Å²) in [5, 5.41) is 17.6. The van der Waals surface area contributed by atoms with E-state index in [2.05, 4.69) is 6.92 Å². The van der Waals surface area contributed by atoms with Gasteiger partial charge in [-0.2, -0.15) is 0 Å². The number of aliphatic carboxylic acids is 2. The third kappa shape index (κ3) is 17.3. The standard InChI is InChI=1S/C21H38O4/c1-2-3-4-5-6-7-8-9-10-11-12-13-14-15-16-17-19(21(24)25)18-20(22)23/h16-17,19H,2-15,18H2,1H3,(H,22,23)(H,24,25)/b17-16-. The van der Waals surface area contributed by atoms with E-state index < -0.39 is 17.9 Å². The number of carboxylic acids is 2. The van der Waals surface area contributed by atoms with E-state index in [0.717, 1.165) is 19.3 Å². The molecule has 1 atom stereocenters. The molecule has 0 saturated heterocycles. The normalized spacial score (nSPS) is 12.5. The van der Waals surface area contributed by atoms with Gasteiger partial charge in [0.15, 0.2) is 0 Å². The number of rotatable bonds is 18. The van der Waals surface area contributed by atoms with Crippen LogP contribution in [0.25, 0.3) is 0 Å². The topological polar surface area (TPSA) is 74.6 Å². The first kappa shape index (κ1) is 23.7. The number of hydrogen-bond acceptors (Lipinski definition) is 2. The van der Waals surface area contributed by atoms with Crippen molar-refractivity contribution in [3.05, 3.63) is 12.2 Å². The van der Waals surface area contributed by atoms with Crippen LogP contribution in [0, 0.1) is 5.92 Å². The molecule has 0 aromatic rings. The summed E-state index contributed by atoms with van der Waals surface area (Å²) >= 11 is 0. The Labute approximate surface area is 153 Å². The van der Waals surface area contributed by atoms with Gasteiger partial charge in [0.25, 0.3) is 0 Å². The second-order valence-electron chi connectivity index (χ2n) is 7.00. The van der Waals surface area contributed by atoms with E-state index in [9.17, 15) is 9.59 Å². The molecule has 2 N–H and O–H groups in total. The summed E-state index contributed by atoms with van der Waals surface area (Å²) in [7, 11) is 0. The first-order valence-electron chi connectivity index (χ1n) is 10.2. The zero-order chi connectivity index (χ0) is 18.8. The molecule has 0 aromatic carbocycles. The van der Waals surface area contributed by atoms with E-state index in [-0.39, 0.29) is 6.42 Å². The largest absolute Gasteiger partial charge is 0.481 e. The molecule has 0 rings (SSSR count). The maximum atomic E-state index is 10.9. The summed E-state index contributed by atoms with van der Waals surface area (Å²) in [5.41, 5.74) is 0. The van der Waals surface area contributed by atoms with Gasteiger partial charge in [0, 0.05) is 0 Å². The number of hydrogen-bond donors (Lipinski definition) is 2. The summed E-state index contributed by atoms with van der Waals surface area (Å²) in [4.78, 5) is 21.5. The van der Waals surface area contributed by atoms with Crippen LogP contribution in [0.5, 0.6) is 0 Å². The minimum atomic E-state index is -1.07. The molecule has 0 saturated carbocycles. The lowest BCUT2D eigenvalue weighted by Gasteiger charge is -2.04. The Bertz CT molecular complexity index is 363. The van der Waals surface area contributed by atoms with E-state index in [1.807, 2.05) is 6.08 Å². The second-order valence-corrected chi connectivity index (χ2v) is 7.00. The van der Waals surface area contributed by atoms with E-state index in [4.69, 9.17) is 10.2 Å². The van der Waals surface area contributed by atoms with Crippen LogP contribution in [0.3, 0.4) is 0 Å². The second kappa shape index (κ2) is 17.5. The van der Waals surface area contributed by atoms with Crippen molar-refractivity contribution < 1.29 is 19.8 Å². The molecular weight excluding hydrogens is 316 g/mol. The zero-order valence-electron chi connectivity index (χ0n) is 16.0. The fraction of sp³-hybridized carbons (Fsp3) is 0.810. The van der Waals surface area contributed by atoms with Gasteiger partial charge in [-0.1, -0.05) is 96.1 Å². The average Bonchev–Trinajstić information content (AvgIpc) is 2.56. The van der Waals surface area contributed by atoms with Gasteiger partial charge in [-0.3, -0.25) is 9.59 Å². The molecule has 4 heteroatoms. The Hall–Kier alpha value is -1.32. The Morgan fingerprint density at radius 2 is 1.20 bits per heavy atom. The maximum Gasteiger partial charge on any atom is 0.310 e. The van der Waals surface area contributed by atoms with Gasteiger partial charge in [0.2, 0.25) is 0 Å². The third-order valence-electron chi connectivity index (χ3n) is 4.55. The van der Waals surface area contributed by atoms with Crippen LogP contribution in [-0.4, -0.2) is 22.2 Å². The molecule has 0 aromatic heterocycles. The van der Waals surface area contributed by atoms with Crippen molar-refractivity contribution in [2.24, 2.45) is 5.92 Å². The number of allylic oxidation sites excluding steroid dienone is 1. The van der Waals surface area contributed by atoms with Crippen molar-refractivity contribution in [1.29, 1.82) is 0 Å². The third-order valence-corrected chi connectivity index (χ3v) is 4.55. The Kier molecular flexibility index (Phi) is 16.6. The highest BCUT2D eigenvalue weighted by Gasteiger charge is 2.17. The molecule has 0 aliphatic heterocycles. The fourth-order valence-corrected chi connectivity index (χ4v) is 2.97. The highest BCUT2D eigenvalue weighted by Crippen LogP contribution is 2.13. The summed E-state index contributed by atoms with van der Waals surface area (Å²) in [6.07, 6.45) is 20.9. The van der Waals surface area contributed by atoms with Crippen LogP contribution in [0.4, 0.5) is 0 Å². The number of carboxylic acid groups (broad SMARTS) is 2. The SMILES string of the molecule is CCCCCCCCCCCCCCC/C=C\C(CC(=O)O)C(=O)O. The van der Waals surface area contributed by atoms with Crippen LogP contribution >= 0.6 is 0 Å². The first-order valence-corrected chi connectivity index (χ1v) is 10.2. The van der Waals surface area contributed by atoms with E-state index in [1.165, 1.54) is 76.7 Å². The molecule has 0 heterocycles. The van der Waals surface area contributed by atoms with Crippen LogP contribution in [0.1, 0.15) is 103 Å². The Morgan fingerprint density at radius 1 is 0.760 bits per heavy atom. The van der Waals surface area contributed by atoms with Crippen molar-refractivity contribution in [3.63, 3.8) is 0 Å². The van der Waals surface area contributed by atoms with Crippen molar-refractivity contribution in [1.82, 2.24) is 0 Å². The van der Waals surface area contributed by atoms with Crippen molar-refractivity contribution >= 4 is 11.9 Å². The van der Waals surface area contributed by atoms with E-state index >= 15 is 0 Å². The van der Waals surface area contributed by atoms with Gasteiger partial charge >= 0.3 is 11.9 Å². The Balaban J connectivity index is 3.39. The fourth-order valence-electron chi connectivity index (χ4n) is 2.97. The van der Waals surface area contributed by atoms with Gasteiger partial charge in [-0.25, -0.2) is 0 Å². The molecule has 0 radical (unpaired) electrons. The highest BCUT2D eigenvalue weighted by atomic mass is 16.4. The first-order chi connectivity index (χ1) is 12.1. The lowest BCUT2D eigenvalue weighted by molar-refractivity contribution is -0.146. The molecule has 1 unspecified atom stereocenters. The lowest BCUT2D eigenvalue weighted by atomic mass is 10.0. The van der Waals surface area contributed by atoms with Crippen LogP contribution in [0.2, 0.25) is 0 Å². The monoisotopic (exact) mass is 354 g/mol. The molecule has 0 spiro atoms. The predicted molar refractivity (Wildman–Crippen MR) is 103 cm³/mol. The number of unbranched alkanes of at least 4 members (excludes halogenated alkanes) is 13. The predicted octanol–water partition coefficient (Wildman–Crippen LogP) is 6.20. The van der Waals surface area contributed by atoms with Crippen molar-refractivity contribution in [2.75, 3.05) is 0 Å².